The number of carboxylic acids is 1. The number of nitrogens with one attached hydrogen (secondary N) is 1. The van der Waals surface area contributed by atoms with Gasteiger partial charge in [-0.25, -0.2) is 0 Å². The highest BCUT2D eigenvalue weighted by molar-refractivity contribution is 5.73. The van der Waals surface area contributed by atoms with Crippen molar-refractivity contribution in [2.24, 2.45) is 0 Å². The van der Waals surface area contributed by atoms with Gasteiger partial charge >= 0.3 is 5.97 Å². The van der Waals surface area contributed by atoms with Crippen LogP contribution in [0.15, 0.2) is 0 Å². The molecule has 0 aliphatic rings. The lowest BCUT2D eigenvalue weighted by Gasteiger charge is -2.21. The predicted molar refractivity (Wildman–Crippen MR) is 62.1 cm³/mol. The molecular weight excluding hydrogens is 192 g/mol. The van der Waals surface area contributed by atoms with Crippen LogP contribution < -0.4 is 5.32 Å². The number of hydrogen-bond acceptors (Lipinski definition) is 3. The molecule has 90 valence electrons. The molecule has 0 saturated heterocycles. The summed E-state index contributed by atoms with van der Waals surface area (Å²) in [6.45, 7) is 7.95. The van der Waals surface area contributed by atoms with Crippen LogP contribution in [0.2, 0.25) is 0 Å². The Kier molecular flexibility index (Phi) is 7.34. The van der Waals surface area contributed by atoms with Crippen LogP contribution in [0.25, 0.3) is 0 Å². The minimum Gasteiger partial charge on any atom is -0.480 e. The van der Waals surface area contributed by atoms with Gasteiger partial charge in [-0.05, 0) is 46.8 Å². The fourth-order valence-corrected chi connectivity index (χ4v) is 1.27. The normalized spacial score (nSPS) is 13.5. The Hall–Kier alpha value is -0.610. The van der Waals surface area contributed by atoms with Crippen LogP contribution in [-0.2, 0) is 4.79 Å². The van der Waals surface area contributed by atoms with Crippen molar-refractivity contribution in [2.75, 3.05) is 20.1 Å². The molecule has 0 aromatic heterocycles. The quantitative estimate of drug-likeness (QED) is 0.598. The zero-order valence-corrected chi connectivity index (χ0v) is 10.3. The molecule has 0 fully saturated rings. The summed E-state index contributed by atoms with van der Waals surface area (Å²) in [4.78, 5) is 12.9. The Labute approximate surface area is 92.7 Å². The van der Waals surface area contributed by atoms with Gasteiger partial charge in [0.2, 0.25) is 0 Å². The van der Waals surface area contributed by atoms with E-state index in [1.807, 2.05) is 6.92 Å². The van der Waals surface area contributed by atoms with Gasteiger partial charge in [-0.2, -0.15) is 0 Å². The summed E-state index contributed by atoms with van der Waals surface area (Å²) >= 11 is 0. The molecule has 0 radical (unpaired) electrons. The maximum atomic E-state index is 10.7. The fourth-order valence-electron chi connectivity index (χ4n) is 1.27. The van der Waals surface area contributed by atoms with E-state index < -0.39 is 12.0 Å². The molecule has 15 heavy (non-hydrogen) atoms. The Morgan fingerprint density at radius 1 is 1.47 bits per heavy atom. The van der Waals surface area contributed by atoms with E-state index in [4.69, 9.17) is 5.11 Å². The first-order valence-electron chi connectivity index (χ1n) is 5.65. The lowest BCUT2D eigenvalue weighted by Crippen LogP contribution is -2.38. The van der Waals surface area contributed by atoms with E-state index in [1.165, 1.54) is 0 Å². The van der Waals surface area contributed by atoms with Crippen LogP contribution >= 0.6 is 0 Å². The Morgan fingerprint density at radius 2 is 2.07 bits per heavy atom. The molecule has 2 N–H and O–H groups in total. The molecule has 0 heterocycles. The minimum absolute atomic E-state index is 0.394. The lowest BCUT2D eigenvalue weighted by atomic mass is 10.2. The third-order valence-corrected chi connectivity index (χ3v) is 2.67. The molecule has 0 aromatic carbocycles. The minimum atomic E-state index is -0.755. The van der Waals surface area contributed by atoms with E-state index in [0.29, 0.717) is 12.5 Å². The summed E-state index contributed by atoms with van der Waals surface area (Å²) in [7, 11) is 2.08. The number of hydrogen-bond donors (Lipinski definition) is 2. The van der Waals surface area contributed by atoms with Gasteiger partial charge in [-0.1, -0.05) is 6.92 Å². The molecule has 0 amide bonds. The summed E-state index contributed by atoms with van der Waals surface area (Å²) in [6, 6.07) is 0.154. The van der Waals surface area contributed by atoms with Gasteiger partial charge in [0.25, 0.3) is 0 Å². The third kappa shape index (κ3) is 6.47. The van der Waals surface area contributed by atoms with Crippen molar-refractivity contribution in [3.8, 4) is 0 Å². The molecule has 0 aromatic rings. The van der Waals surface area contributed by atoms with Crippen LogP contribution in [0.1, 0.15) is 33.6 Å². The van der Waals surface area contributed by atoms with Gasteiger partial charge in [-0.3, -0.25) is 4.79 Å². The Morgan fingerprint density at radius 3 is 2.47 bits per heavy atom. The highest BCUT2D eigenvalue weighted by Gasteiger charge is 2.13. The van der Waals surface area contributed by atoms with Gasteiger partial charge in [0, 0.05) is 6.04 Å². The zero-order chi connectivity index (χ0) is 11.8. The van der Waals surface area contributed by atoms with E-state index in [0.717, 1.165) is 19.5 Å². The fraction of sp³-hybridized carbons (Fsp3) is 0.909. The first-order valence-corrected chi connectivity index (χ1v) is 5.65. The molecule has 0 spiro atoms. The van der Waals surface area contributed by atoms with Crippen LogP contribution in [0.4, 0.5) is 0 Å². The van der Waals surface area contributed by atoms with Gasteiger partial charge < -0.3 is 15.3 Å². The molecule has 1 atom stereocenters. The molecule has 0 aliphatic heterocycles. The van der Waals surface area contributed by atoms with E-state index in [2.05, 4.69) is 31.1 Å². The smallest absolute Gasteiger partial charge is 0.320 e. The third-order valence-electron chi connectivity index (χ3n) is 2.67. The van der Waals surface area contributed by atoms with Crippen molar-refractivity contribution < 1.29 is 9.90 Å². The molecule has 0 rings (SSSR count). The van der Waals surface area contributed by atoms with Crippen molar-refractivity contribution in [3.05, 3.63) is 0 Å². The maximum absolute atomic E-state index is 10.7. The molecule has 0 saturated carbocycles. The zero-order valence-electron chi connectivity index (χ0n) is 10.3. The largest absolute Gasteiger partial charge is 0.480 e. The second-order valence-corrected chi connectivity index (χ2v) is 4.18. The van der Waals surface area contributed by atoms with Crippen molar-refractivity contribution in [2.45, 2.75) is 45.7 Å². The molecule has 4 heteroatoms. The molecule has 0 aliphatic carbocycles. The highest BCUT2D eigenvalue weighted by atomic mass is 16.4. The average molecular weight is 216 g/mol. The summed E-state index contributed by atoms with van der Waals surface area (Å²) < 4.78 is 0. The lowest BCUT2D eigenvalue weighted by molar-refractivity contribution is -0.139. The number of nitrogens with zero attached hydrogens (tertiary/aromatic N) is 1. The summed E-state index contributed by atoms with van der Waals surface area (Å²) in [6.07, 6.45) is 1.62. The number of rotatable bonds is 8. The van der Waals surface area contributed by atoms with Crippen molar-refractivity contribution in [1.29, 1.82) is 0 Å². The van der Waals surface area contributed by atoms with Gasteiger partial charge in [0.1, 0.15) is 6.04 Å². The Balaban J connectivity index is 3.57. The SMILES string of the molecule is CCC(NCCCN(C)C(C)C)C(=O)O. The first kappa shape index (κ1) is 14.4. The number of aliphatic carboxylic acids is 1. The van der Waals surface area contributed by atoms with Gasteiger partial charge in [0.15, 0.2) is 0 Å². The summed E-state index contributed by atoms with van der Waals surface area (Å²) in [5.74, 6) is -0.755. The number of carbonyl (C=O) groups is 1. The highest BCUT2D eigenvalue weighted by Crippen LogP contribution is 1.95. The monoisotopic (exact) mass is 216 g/mol. The molecule has 4 nitrogen and oxygen atoms in total. The summed E-state index contributed by atoms with van der Waals surface area (Å²) in [5, 5.41) is 11.8. The van der Waals surface area contributed by atoms with E-state index in [-0.39, 0.29) is 0 Å². The number of carboxylic acid groups (broad SMARTS) is 1. The Bertz CT molecular complexity index is 183. The van der Waals surface area contributed by atoms with Crippen molar-refractivity contribution in [3.63, 3.8) is 0 Å². The van der Waals surface area contributed by atoms with E-state index >= 15 is 0 Å². The van der Waals surface area contributed by atoms with Crippen molar-refractivity contribution in [1.82, 2.24) is 10.2 Å². The standard InChI is InChI=1S/C11H24N2O2/c1-5-10(11(14)15)12-7-6-8-13(4)9(2)3/h9-10,12H,5-8H2,1-4H3,(H,14,15). The van der Waals surface area contributed by atoms with Crippen LogP contribution in [-0.4, -0.2) is 48.2 Å². The average Bonchev–Trinajstić information content (AvgIpc) is 2.16. The summed E-state index contributed by atoms with van der Waals surface area (Å²) in [5.41, 5.74) is 0. The van der Waals surface area contributed by atoms with E-state index in [9.17, 15) is 4.79 Å². The van der Waals surface area contributed by atoms with Crippen LogP contribution in [0.3, 0.4) is 0 Å². The second-order valence-electron chi connectivity index (χ2n) is 4.18. The van der Waals surface area contributed by atoms with E-state index in [1.54, 1.807) is 0 Å². The first-order chi connectivity index (χ1) is 6.99. The maximum Gasteiger partial charge on any atom is 0.320 e. The van der Waals surface area contributed by atoms with Crippen molar-refractivity contribution >= 4 is 5.97 Å². The van der Waals surface area contributed by atoms with Gasteiger partial charge in [-0.15, -0.1) is 0 Å². The van der Waals surface area contributed by atoms with Gasteiger partial charge in [0.05, 0.1) is 0 Å². The molecule has 1 unspecified atom stereocenters. The topological polar surface area (TPSA) is 52.6 Å². The van der Waals surface area contributed by atoms with Crippen LogP contribution in [0, 0.1) is 0 Å². The molecular formula is C11H24N2O2. The van der Waals surface area contributed by atoms with Crippen LogP contribution in [0.5, 0.6) is 0 Å². The predicted octanol–water partition coefficient (Wildman–Crippen LogP) is 1.17. The molecule has 0 bridgehead atoms. The second kappa shape index (κ2) is 7.65.